The van der Waals surface area contributed by atoms with Gasteiger partial charge in [0.25, 0.3) is 0 Å². The molecule has 0 saturated heterocycles. The molecular formula is C15H14BrNO. The number of aromatic hydroxyl groups is 1. The zero-order valence-electron chi connectivity index (χ0n) is 10.3. The zero-order chi connectivity index (χ0) is 13.1. The second-order valence-corrected chi connectivity index (χ2v) is 5.16. The number of halogens is 1. The maximum absolute atomic E-state index is 9.70. The largest absolute Gasteiger partial charge is 0.507 e. The van der Waals surface area contributed by atoms with E-state index >= 15 is 0 Å². The van der Waals surface area contributed by atoms with Crippen molar-refractivity contribution in [2.24, 2.45) is 4.99 Å². The Morgan fingerprint density at radius 3 is 2.39 bits per heavy atom. The molecule has 0 amide bonds. The van der Waals surface area contributed by atoms with Gasteiger partial charge in [0.1, 0.15) is 5.75 Å². The molecule has 0 heterocycles. The van der Waals surface area contributed by atoms with Crippen LogP contribution >= 0.6 is 15.9 Å². The normalized spacial score (nSPS) is 11.1. The van der Waals surface area contributed by atoms with Crippen molar-refractivity contribution in [1.29, 1.82) is 0 Å². The van der Waals surface area contributed by atoms with E-state index in [1.807, 2.05) is 50.2 Å². The molecule has 0 aliphatic carbocycles. The summed E-state index contributed by atoms with van der Waals surface area (Å²) < 4.78 is 1.01. The van der Waals surface area contributed by atoms with Crippen LogP contribution in [0.1, 0.15) is 16.7 Å². The third kappa shape index (κ3) is 2.99. The highest BCUT2D eigenvalue weighted by atomic mass is 79.9. The van der Waals surface area contributed by atoms with Crippen LogP contribution in [0.3, 0.4) is 0 Å². The first kappa shape index (κ1) is 12.8. The van der Waals surface area contributed by atoms with Crippen LogP contribution in [0.25, 0.3) is 0 Å². The second kappa shape index (κ2) is 5.36. The molecule has 0 aromatic heterocycles. The van der Waals surface area contributed by atoms with E-state index in [4.69, 9.17) is 0 Å². The van der Waals surface area contributed by atoms with E-state index in [1.54, 1.807) is 6.21 Å². The first-order valence-corrected chi connectivity index (χ1v) is 6.45. The standard InChI is InChI=1S/C15H14BrNO/c1-10-6-12(7-11(2)15(10)18)9-17-14-5-3-4-13(16)8-14/h3-9,18H,1-2H3. The lowest BCUT2D eigenvalue weighted by molar-refractivity contribution is 0.467. The third-order valence-electron chi connectivity index (χ3n) is 2.68. The molecule has 0 bridgehead atoms. The van der Waals surface area contributed by atoms with Gasteiger partial charge in [0.05, 0.1) is 5.69 Å². The fourth-order valence-electron chi connectivity index (χ4n) is 1.77. The molecular weight excluding hydrogens is 290 g/mol. The van der Waals surface area contributed by atoms with Gasteiger partial charge in [-0.1, -0.05) is 22.0 Å². The number of phenolic OH excluding ortho intramolecular Hbond substituents is 1. The van der Waals surface area contributed by atoms with Crippen molar-refractivity contribution in [3.8, 4) is 5.75 Å². The number of hydrogen-bond acceptors (Lipinski definition) is 2. The molecule has 0 radical (unpaired) electrons. The van der Waals surface area contributed by atoms with Gasteiger partial charge in [0.15, 0.2) is 0 Å². The van der Waals surface area contributed by atoms with Crippen LogP contribution in [0.15, 0.2) is 45.9 Å². The summed E-state index contributed by atoms with van der Waals surface area (Å²) in [5.74, 6) is 0.356. The Hall–Kier alpha value is -1.61. The average molecular weight is 304 g/mol. The van der Waals surface area contributed by atoms with Gasteiger partial charge in [-0.3, -0.25) is 4.99 Å². The molecule has 0 aliphatic heterocycles. The topological polar surface area (TPSA) is 32.6 Å². The first-order valence-electron chi connectivity index (χ1n) is 5.66. The van der Waals surface area contributed by atoms with E-state index in [1.165, 1.54) is 0 Å². The lowest BCUT2D eigenvalue weighted by atomic mass is 10.1. The molecule has 0 spiro atoms. The minimum atomic E-state index is 0.356. The highest BCUT2D eigenvalue weighted by Crippen LogP contribution is 2.23. The van der Waals surface area contributed by atoms with Crippen molar-refractivity contribution >= 4 is 27.8 Å². The van der Waals surface area contributed by atoms with E-state index in [0.717, 1.165) is 26.9 Å². The highest BCUT2D eigenvalue weighted by molar-refractivity contribution is 9.10. The van der Waals surface area contributed by atoms with Gasteiger partial charge >= 0.3 is 0 Å². The average Bonchev–Trinajstić information content (AvgIpc) is 2.33. The molecule has 1 N–H and O–H groups in total. The van der Waals surface area contributed by atoms with Gasteiger partial charge in [-0.15, -0.1) is 0 Å². The summed E-state index contributed by atoms with van der Waals surface area (Å²) in [7, 11) is 0. The Morgan fingerprint density at radius 1 is 1.11 bits per heavy atom. The quantitative estimate of drug-likeness (QED) is 0.813. The summed E-state index contributed by atoms with van der Waals surface area (Å²) in [6, 6.07) is 11.7. The SMILES string of the molecule is Cc1cc(C=Nc2cccc(Br)c2)cc(C)c1O. The Bertz CT molecular complexity index is 582. The zero-order valence-corrected chi connectivity index (χ0v) is 11.9. The number of hydrogen-bond donors (Lipinski definition) is 1. The van der Waals surface area contributed by atoms with E-state index in [-0.39, 0.29) is 0 Å². The fourth-order valence-corrected chi connectivity index (χ4v) is 2.16. The Morgan fingerprint density at radius 2 is 1.78 bits per heavy atom. The maximum atomic E-state index is 9.70. The predicted molar refractivity (Wildman–Crippen MR) is 79.0 cm³/mol. The van der Waals surface area contributed by atoms with Crippen molar-refractivity contribution in [3.05, 3.63) is 57.6 Å². The van der Waals surface area contributed by atoms with Crippen molar-refractivity contribution in [3.63, 3.8) is 0 Å². The van der Waals surface area contributed by atoms with Crippen LogP contribution in [0, 0.1) is 13.8 Å². The molecule has 18 heavy (non-hydrogen) atoms. The Balaban J connectivity index is 2.29. The predicted octanol–water partition coefficient (Wildman–Crippen LogP) is 4.52. The van der Waals surface area contributed by atoms with Gasteiger partial charge in [-0.2, -0.15) is 0 Å². The monoisotopic (exact) mass is 303 g/mol. The number of benzene rings is 2. The van der Waals surface area contributed by atoms with Gasteiger partial charge in [0, 0.05) is 10.7 Å². The minimum absolute atomic E-state index is 0.356. The molecule has 0 saturated carbocycles. The molecule has 0 atom stereocenters. The molecule has 0 unspecified atom stereocenters. The summed E-state index contributed by atoms with van der Waals surface area (Å²) >= 11 is 3.41. The summed E-state index contributed by atoms with van der Waals surface area (Å²) in [5.41, 5.74) is 3.62. The van der Waals surface area contributed by atoms with Crippen LogP contribution in [-0.2, 0) is 0 Å². The van der Waals surface area contributed by atoms with Gasteiger partial charge in [0.2, 0.25) is 0 Å². The number of aliphatic imine (C=N–C) groups is 1. The molecule has 3 heteroatoms. The van der Waals surface area contributed by atoms with Crippen molar-refractivity contribution in [1.82, 2.24) is 0 Å². The highest BCUT2D eigenvalue weighted by Gasteiger charge is 2.01. The molecule has 2 aromatic carbocycles. The maximum Gasteiger partial charge on any atom is 0.121 e. The number of phenols is 1. The number of nitrogens with zero attached hydrogens (tertiary/aromatic N) is 1. The number of aryl methyl sites for hydroxylation is 2. The lowest BCUT2D eigenvalue weighted by Gasteiger charge is -2.04. The molecule has 0 aliphatic rings. The fraction of sp³-hybridized carbons (Fsp3) is 0.133. The van der Waals surface area contributed by atoms with E-state index in [2.05, 4.69) is 20.9 Å². The van der Waals surface area contributed by atoms with Gasteiger partial charge in [-0.25, -0.2) is 0 Å². The van der Waals surface area contributed by atoms with Crippen LogP contribution in [0.4, 0.5) is 5.69 Å². The number of rotatable bonds is 2. The minimum Gasteiger partial charge on any atom is -0.507 e. The third-order valence-corrected chi connectivity index (χ3v) is 3.18. The van der Waals surface area contributed by atoms with Crippen molar-refractivity contribution < 1.29 is 5.11 Å². The summed E-state index contributed by atoms with van der Waals surface area (Å²) in [4.78, 5) is 4.41. The van der Waals surface area contributed by atoms with E-state index in [0.29, 0.717) is 5.75 Å². The van der Waals surface area contributed by atoms with Gasteiger partial charge in [-0.05, 0) is 60.9 Å². The van der Waals surface area contributed by atoms with Gasteiger partial charge < -0.3 is 5.11 Å². The smallest absolute Gasteiger partial charge is 0.121 e. The van der Waals surface area contributed by atoms with E-state index < -0.39 is 0 Å². The Kier molecular flexibility index (Phi) is 3.82. The molecule has 2 rings (SSSR count). The lowest BCUT2D eigenvalue weighted by Crippen LogP contribution is -1.87. The van der Waals surface area contributed by atoms with Crippen LogP contribution in [-0.4, -0.2) is 11.3 Å². The van der Waals surface area contributed by atoms with Crippen molar-refractivity contribution in [2.45, 2.75) is 13.8 Å². The van der Waals surface area contributed by atoms with Crippen LogP contribution in [0.2, 0.25) is 0 Å². The Labute approximate surface area is 115 Å². The molecule has 2 nitrogen and oxygen atoms in total. The summed E-state index contributed by atoms with van der Waals surface area (Å²) in [6.45, 7) is 3.78. The summed E-state index contributed by atoms with van der Waals surface area (Å²) in [5, 5.41) is 9.70. The second-order valence-electron chi connectivity index (χ2n) is 4.24. The van der Waals surface area contributed by atoms with Crippen LogP contribution in [0.5, 0.6) is 5.75 Å². The molecule has 92 valence electrons. The van der Waals surface area contributed by atoms with Crippen molar-refractivity contribution in [2.75, 3.05) is 0 Å². The summed E-state index contributed by atoms with van der Waals surface area (Å²) in [6.07, 6.45) is 1.81. The van der Waals surface area contributed by atoms with Crippen LogP contribution < -0.4 is 0 Å². The van der Waals surface area contributed by atoms with E-state index in [9.17, 15) is 5.11 Å². The molecule has 2 aromatic rings. The molecule has 0 fully saturated rings. The first-order chi connectivity index (χ1) is 8.56.